The lowest BCUT2D eigenvalue weighted by Gasteiger charge is -2.10. The van der Waals surface area contributed by atoms with Crippen LogP contribution >= 0.6 is 23.1 Å². The van der Waals surface area contributed by atoms with E-state index in [1.165, 1.54) is 29.2 Å². The molecule has 2 N–H and O–H groups in total. The zero-order chi connectivity index (χ0) is 16.1. The topological polar surface area (TPSA) is 66.9 Å². The summed E-state index contributed by atoms with van der Waals surface area (Å²) in [7, 11) is 0. The van der Waals surface area contributed by atoms with E-state index < -0.39 is 16.9 Å². The number of amides is 1. The number of aromatic nitrogens is 2. The molecule has 9 heteroatoms. The Bertz CT molecular complexity index is 665. The third-order valence-corrected chi connectivity index (χ3v) is 4.63. The minimum atomic E-state index is -1.00. The largest absolute Gasteiger partial charge is 0.360 e. The van der Waals surface area contributed by atoms with Crippen LogP contribution in [-0.4, -0.2) is 27.9 Å². The molecule has 0 saturated carbocycles. The van der Waals surface area contributed by atoms with E-state index in [-0.39, 0.29) is 11.6 Å². The average Bonchev–Trinajstić information content (AvgIpc) is 2.90. The highest BCUT2D eigenvalue weighted by atomic mass is 32.2. The molecule has 0 radical (unpaired) electrons. The van der Waals surface area contributed by atoms with Crippen LogP contribution in [0.25, 0.3) is 0 Å². The number of carbonyl (C=O) groups excluding carboxylic acids is 1. The number of hydrogen-bond donors (Lipinski definition) is 2. The van der Waals surface area contributed by atoms with E-state index in [1.54, 1.807) is 6.92 Å². The minimum Gasteiger partial charge on any atom is -0.360 e. The van der Waals surface area contributed by atoms with Crippen LogP contribution in [0.3, 0.4) is 0 Å². The molecule has 0 bridgehead atoms. The van der Waals surface area contributed by atoms with Gasteiger partial charge >= 0.3 is 0 Å². The Balaban J connectivity index is 1.94. The summed E-state index contributed by atoms with van der Waals surface area (Å²) in [6, 6.07) is 3.22. The van der Waals surface area contributed by atoms with Crippen LogP contribution in [0.1, 0.15) is 13.8 Å². The van der Waals surface area contributed by atoms with Crippen molar-refractivity contribution in [2.24, 2.45) is 0 Å². The van der Waals surface area contributed by atoms with Crippen LogP contribution in [0.15, 0.2) is 22.5 Å². The van der Waals surface area contributed by atoms with E-state index in [2.05, 4.69) is 20.8 Å². The van der Waals surface area contributed by atoms with Gasteiger partial charge in [-0.15, -0.1) is 10.2 Å². The molecule has 1 atom stereocenters. The first-order chi connectivity index (χ1) is 10.5. The van der Waals surface area contributed by atoms with Crippen molar-refractivity contribution in [1.82, 2.24) is 10.2 Å². The van der Waals surface area contributed by atoms with E-state index in [0.717, 1.165) is 18.7 Å². The number of hydrogen-bond acceptors (Lipinski definition) is 6. The molecule has 1 aromatic carbocycles. The molecule has 118 valence electrons. The van der Waals surface area contributed by atoms with Crippen molar-refractivity contribution in [2.45, 2.75) is 23.4 Å². The van der Waals surface area contributed by atoms with Gasteiger partial charge in [-0.1, -0.05) is 23.1 Å². The summed E-state index contributed by atoms with van der Waals surface area (Å²) in [4.78, 5) is 12.0. The van der Waals surface area contributed by atoms with Gasteiger partial charge in [-0.2, -0.15) is 0 Å². The molecule has 0 saturated heterocycles. The van der Waals surface area contributed by atoms with Gasteiger partial charge in [-0.3, -0.25) is 4.79 Å². The molecule has 1 amide bonds. The van der Waals surface area contributed by atoms with Crippen LogP contribution in [0, 0.1) is 11.6 Å². The Hall–Kier alpha value is -1.74. The predicted molar refractivity (Wildman–Crippen MR) is 84.4 cm³/mol. The van der Waals surface area contributed by atoms with Crippen molar-refractivity contribution in [3.8, 4) is 0 Å². The first-order valence-electron chi connectivity index (χ1n) is 6.49. The predicted octanol–water partition coefficient (Wildman–Crippen LogP) is 3.37. The zero-order valence-electron chi connectivity index (χ0n) is 11.9. The van der Waals surface area contributed by atoms with Crippen molar-refractivity contribution in [1.29, 1.82) is 0 Å². The molecule has 0 aliphatic rings. The van der Waals surface area contributed by atoms with Crippen LogP contribution in [0.5, 0.6) is 0 Å². The van der Waals surface area contributed by atoms with Gasteiger partial charge in [0.15, 0.2) is 16.0 Å². The second-order valence-electron chi connectivity index (χ2n) is 4.28. The fourth-order valence-electron chi connectivity index (χ4n) is 1.50. The molecule has 5 nitrogen and oxygen atoms in total. The molecule has 2 aromatic rings. The SMILES string of the molecule is CCNc1nnc(S[C@@H](C)C(=O)Nc2ccc(F)c(F)c2)s1. The van der Waals surface area contributed by atoms with E-state index in [0.29, 0.717) is 9.47 Å². The third-order valence-electron chi connectivity index (χ3n) is 2.57. The number of halogens is 2. The van der Waals surface area contributed by atoms with Gasteiger partial charge in [0.05, 0.1) is 5.25 Å². The van der Waals surface area contributed by atoms with Gasteiger partial charge < -0.3 is 10.6 Å². The summed E-state index contributed by atoms with van der Waals surface area (Å²) in [6.45, 7) is 4.39. The second-order valence-corrected chi connectivity index (χ2v) is 6.85. The van der Waals surface area contributed by atoms with Gasteiger partial charge in [0.2, 0.25) is 11.0 Å². The molecule has 0 aliphatic carbocycles. The van der Waals surface area contributed by atoms with Crippen molar-refractivity contribution < 1.29 is 13.6 Å². The third kappa shape index (κ3) is 4.38. The van der Waals surface area contributed by atoms with E-state index in [4.69, 9.17) is 0 Å². The number of rotatable bonds is 6. The Kier molecular flexibility index (Phi) is 5.67. The summed E-state index contributed by atoms with van der Waals surface area (Å²) in [6.07, 6.45) is 0. The highest BCUT2D eigenvalue weighted by Crippen LogP contribution is 2.29. The number of thioether (sulfide) groups is 1. The minimum absolute atomic E-state index is 0.210. The highest BCUT2D eigenvalue weighted by Gasteiger charge is 2.17. The molecule has 22 heavy (non-hydrogen) atoms. The van der Waals surface area contributed by atoms with Crippen LogP contribution in [-0.2, 0) is 4.79 Å². The number of benzene rings is 1. The first-order valence-corrected chi connectivity index (χ1v) is 8.19. The molecule has 1 heterocycles. The molecular weight excluding hydrogens is 330 g/mol. The van der Waals surface area contributed by atoms with E-state index in [9.17, 15) is 13.6 Å². The summed E-state index contributed by atoms with van der Waals surface area (Å²) in [5.74, 6) is -2.28. The molecule has 1 aromatic heterocycles. The number of nitrogens with one attached hydrogen (secondary N) is 2. The van der Waals surface area contributed by atoms with Crippen molar-refractivity contribution in [3.63, 3.8) is 0 Å². The highest BCUT2D eigenvalue weighted by molar-refractivity contribution is 8.02. The second kappa shape index (κ2) is 7.50. The van der Waals surface area contributed by atoms with Crippen LogP contribution in [0.2, 0.25) is 0 Å². The van der Waals surface area contributed by atoms with E-state index >= 15 is 0 Å². The van der Waals surface area contributed by atoms with Crippen molar-refractivity contribution >= 4 is 39.8 Å². The molecule has 0 aliphatic heterocycles. The van der Waals surface area contributed by atoms with Crippen LogP contribution in [0.4, 0.5) is 19.6 Å². The number of carbonyl (C=O) groups is 1. The summed E-state index contributed by atoms with van der Waals surface area (Å²) in [5.41, 5.74) is 0.210. The maximum Gasteiger partial charge on any atom is 0.237 e. The fraction of sp³-hybridized carbons (Fsp3) is 0.308. The van der Waals surface area contributed by atoms with E-state index in [1.807, 2.05) is 6.92 Å². The summed E-state index contributed by atoms with van der Waals surface area (Å²) >= 11 is 2.60. The van der Waals surface area contributed by atoms with Crippen molar-refractivity contribution in [2.75, 3.05) is 17.2 Å². The molecular formula is C13H14F2N4OS2. The maximum atomic E-state index is 13.1. The molecule has 2 rings (SSSR count). The Labute approximate surface area is 134 Å². The number of anilines is 2. The van der Waals surface area contributed by atoms with Gasteiger partial charge in [-0.05, 0) is 26.0 Å². The lowest BCUT2D eigenvalue weighted by Crippen LogP contribution is -2.22. The normalized spacial score (nSPS) is 12.0. The zero-order valence-corrected chi connectivity index (χ0v) is 13.5. The number of nitrogens with zero attached hydrogens (tertiary/aromatic N) is 2. The first kappa shape index (κ1) is 16.6. The van der Waals surface area contributed by atoms with Gasteiger partial charge in [0.1, 0.15) is 0 Å². The smallest absolute Gasteiger partial charge is 0.237 e. The standard InChI is InChI=1S/C13H14F2N4OS2/c1-3-16-12-18-19-13(22-12)21-7(2)11(20)17-8-4-5-9(14)10(15)6-8/h4-7H,3H2,1-2H3,(H,16,18)(H,17,20)/t7-/m0/s1. The van der Waals surface area contributed by atoms with Crippen molar-refractivity contribution in [3.05, 3.63) is 29.8 Å². The van der Waals surface area contributed by atoms with Crippen LogP contribution < -0.4 is 10.6 Å². The fourth-order valence-corrected chi connectivity index (χ4v) is 3.47. The Morgan fingerprint density at radius 1 is 1.36 bits per heavy atom. The van der Waals surface area contributed by atoms with Gasteiger partial charge in [0.25, 0.3) is 0 Å². The van der Waals surface area contributed by atoms with Gasteiger partial charge in [0, 0.05) is 18.3 Å². The summed E-state index contributed by atoms with van der Waals surface area (Å²) in [5, 5.41) is 13.7. The maximum absolute atomic E-state index is 13.1. The average molecular weight is 344 g/mol. The lowest BCUT2D eigenvalue weighted by molar-refractivity contribution is -0.115. The quantitative estimate of drug-likeness (QED) is 0.787. The molecule has 0 unspecified atom stereocenters. The van der Waals surface area contributed by atoms with Gasteiger partial charge in [-0.25, -0.2) is 8.78 Å². The lowest BCUT2D eigenvalue weighted by atomic mass is 10.3. The Morgan fingerprint density at radius 2 is 2.14 bits per heavy atom. The summed E-state index contributed by atoms with van der Waals surface area (Å²) < 4.78 is 26.6. The Morgan fingerprint density at radius 3 is 2.82 bits per heavy atom. The molecule has 0 spiro atoms. The monoisotopic (exact) mass is 344 g/mol. The molecule has 0 fully saturated rings.